The van der Waals surface area contributed by atoms with Crippen molar-refractivity contribution in [2.75, 3.05) is 12.8 Å². The van der Waals surface area contributed by atoms with Crippen LogP contribution in [0.3, 0.4) is 0 Å². The highest BCUT2D eigenvalue weighted by molar-refractivity contribution is 5.65. The van der Waals surface area contributed by atoms with Gasteiger partial charge in [-0.15, -0.1) is 0 Å². The largest absolute Gasteiger partial charge is 0.496 e. The number of hydrogen-bond donors (Lipinski definition) is 1. The van der Waals surface area contributed by atoms with Crippen LogP contribution in [0.15, 0.2) is 28.8 Å². The molecule has 0 saturated heterocycles. The van der Waals surface area contributed by atoms with Crippen molar-refractivity contribution in [3.8, 4) is 17.1 Å². The first-order chi connectivity index (χ1) is 7.20. The van der Waals surface area contributed by atoms with Gasteiger partial charge >= 0.3 is 0 Å². The van der Waals surface area contributed by atoms with Gasteiger partial charge in [0, 0.05) is 6.07 Å². The average Bonchev–Trinajstić information content (AvgIpc) is 2.64. The number of hydrogen-bond acceptors (Lipinski definition) is 4. The van der Waals surface area contributed by atoms with Crippen LogP contribution in [0.1, 0.15) is 0 Å². The molecule has 0 saturated carbocycles. The first-order valence-electron chi connectivity index (χ1n) is 4.26. The van der Waals surface area contributed by atoms with Crippen molar-refractivity contribution in [3.05, 3.63) is 30.2 Å². The molecule has 15 heavy (non-hydrogen) atoms. The van der Waals surface area contributed by atoms with E-state index in [-0.39, 0.29) is 11.8 Å². The SMILES string of the molecule is COc1cc(F)ccc1-c1cnc(N)o1. The minimum absolute atomic E-state index is 0.0661. The highest BCUT2D eigenvalue weighted by Crippen LogP contribution is 2.31. The molecule has 0 amide bonds. The number of benzene rings is 1. The fourth-order valence-electron chi connectivity index (χ4n) is 1.28. The van der Waals surface area contributed by atoms with Gasteiger partial charge in [-0.1, -0.05) is 0 Å². The Balaban J connectivity index is 2.52. The van der Waals surface area contributed by atoms with Gasteiger partial charge in [-0.3, -0.25) is 0 Å². The van der Waals surface area contributed by atoms with Gasteiger partial charge in [-0.2, -0.15) is 0 Å². The molecule has 1 heterocycles. The van der Waals surface area contributed by atoms with Crippen LogP contribution in [-0.2, 0) is 0 Å². The molecule has 1 aromatic carbocycles. The predicted octanol–water partition coefficient (Wildman–Crippen LogP) is 2.07. The topological polar surface area (TPSA) is 61.3 Å². The second-order valence-electron chi connectivity index (χ2n) is 2.91. The summed E-state index contributed by atoms with van der Waals surface area (Å²) in [4.78, 5) is 3.75. The minimum Gasteiger partial charge on any atom is -0.496 e. The maximum absolute atomic E-state index is 12.9. The molecule has 0 fully saturated rings. The van der Waals surface area contributed by atoms with E-state index in [0.717, 1.165) is 0 Å². The number of nitrogen functional groups attached to an aromatic ring is 1. The van der Waals surface area contributed by atoms with Crippen LogP contribution in [0.2, 0.25) is 0 Å². The Morgan fingerprint density at radius 1 is 1.47 bits per heavy atom. The highest BCUT2D eigenvalue weighted by atomic mass is 19.1. The summed E-state index contributed by atoms with van der Waals surface area (Å²) in [7, 11) is 1.46. The number of rotatable bonds is 2. The summed E-state index contributed by atoms with van der Waals surface area (Å²) in [5.41, 5.74) is 5.96. The van der Waals surface area contributed by atoms with E-state index in [1.165, 1.54) is 25.4 Å². The third-order valence-corrected chi connectivity index (χ3v) is 1.95. The quantitative estimate of drug-likeness (QED) is 0.820. The van der Waals surface area contributed by atoms with Gasteiger partial charge in [0.15, 0.2) is 5.76 Å². The van der Waals surface area contributed by atoms with Gasteiger partial charge < -0.3 is 14.9 Å². The fourth-order valence-corrected chi connectivity index (χ4v) is 1.28. The van der Waals surface area contributed by atoms with Crippen molar-refractivity contribution in [2.24, 2.45) is 0 Å². The average molecular weight is 208 g/mol. The summed E-state index contributed by atoms with van der Waals surface area (Å²) in [5.74, 6) is 0.457. The van der Waals surface area contributed by atoms with E-state index < -0.39 is 0 Å². The van der Waals surface area contributed by atoms with E-state index in [1.807, 2.05) is 0 Å². The lowest BCUT2D eigenvalue weighted by atomic mass is 10.1. The van der Waals surface area contributed by atoms with E-state index in [2.05, 4.69) is 4.98 Å². The second kappa shape index (κ2) is 3.61. The third-order valence-electron chi connectivity index (χ3n) is 1.95. The van der Waals surface area contributed by atoms with Gasteiger partial charge in [0.2, 0.25) is 0 Å². The van der Waals surface area contributed by atoms with Crippen LogP contribution in [0.5, 0.6) is 5.75 Å². The monoisotopic (exact) mass is 208 g/mol. The molecule has 4 nitrogen and oxygen atoms in total. The smallest absolute Gasteiger partial charge is 0.292 e. The molecular formula is C10H9FN2O2. The lowest BCUT2D eigenvalue weighted by Gasteiger charge is -2.04. The summed E-state index contributed by atoms with van der Waals surface area (Å²) >= 11 is 0. The van der Waals surface area contributed by atoms with Gasteiger partial charge in [-0.05, 0) is 12.1 Å². The number of oxazole rings is 1. The summed E-state index contributed by atoms with van der Waals surface area (Å²) in [6.07, 6.45) is 1.46. The molecule has 2 aromatic rings. The normalized spacial score (nSPS) is 10.3. The molecule has 2 N–H and O–H groups in total. The van der Waals surface area contributed by atoms with Gasteiger partial charge in [0.1, 0.15) is 11.6 Å². The maximum atomic E-state index is 12.9. The second-order valence-corrected chi connectivity index (χ2v) is 2.91. The molecule has 1 aromatic heterocycles. The number of halogens is 1. The molecule has 78 valence electrons. The zero-order valence-corrected chi connectivity index (χ0v) is 8.03. The van der Waals surface area contributed by atoms with Crippen molar-refractivity contribution in [1.29, 1.82) is 0 Å². The number of anilines is 1. The van der Waals surface area contributed by atoms with Crippen LogP contribution in [0, 0.1) is 5.82 Å². The van der Waals surface area contributed by atoms with Crippen molar-refractivity contribution < 1.29 is 13.5 Å². The fraction of sp³-hybridized carbons (Fsp3) is 0.100. The van der Waals surface area contributed by atoms with Crippen molar-refractivity contribution in [3.63, 3.8) is 0 Å². The van der Waals surface area contributed by atoms with Crippen LogP contribution in [0.4, 0.5) is 10.4 Å². The Hall–Kier alpha value is -2.04. The van der Waals surface area contributed by atoms with Crippen LogP contribution >= 0.6 is 0 Å². The van der Waals surface area contributed by atoms with Crippen LogP contribution < -0.4 is 10.5 Å². The minimum atomic E-state index is -0.372. The molecule has 0 unspecified atom stereocenters. The molecule has 0 radical (unpaired) electrons. The Morgan fingerprint density at radius 3 is 2.87 bits per heavy atom. The van der Waals surface area contributed by atoms with E-state index in [4.69, 9.17) is 14.9 Å². The number of methoxy groups -OCH3 is 1. The lowest BCUT2D eigenvalue weighted by Crippen LogP contribution is -1.88. The Morgan fingerprint density at radius 2 is 2.27 bits per heavy atom. The molecular weight excluding hydrogens is 199 g/mol. The molecule has 5 heteroatoms. The van der Waals surface area contributed by atoms with Crippen molar-refractivity contribution >= 4 is 6.01 Å². The molecule has 0 bridgehead atoms. The first kappa shape index (κ1) is 9.51. The van der Waals surface area contributed by atoms with Crippen LogP contribution in [0.25, 0.3) is 11.3 Å². The third kappa shape index (κ3) is 1.76. The summed E-state index contributed by atoms with van der Waals surface area (Å²) in [6, 6.07) is 4.20. The van der Waals surface area contributed by atoms with Gasteiger partial charge in [-0.25, -0.2) is 9.37 Å². The predicted molar refractivity (Wildman–Crippen MR) is 52.9 cm³/mol. The van der Waals surface area contributed by atoms with E-state index in [9.17, 15) is 4.39 Å². The van der Waals surface area contributed by atoms with Crippen molar-refractivity contribution in [2.45, 2.75) is 0 Å². The van der Waals surface area contributed by atoms with Gasteiger partial charge in [0.25, 0.3) is 6.01 Å². The molecule has 0 atom stereocenters. The van der Waals surface area contributed by atoms with E-state index >= 15 is 0 Å². The Labute approximate surface area is 85.5 Å². The molecule has 0 spiro atoms. The van der Waals surface area contributed by atoms with E-state index in [1.54, 1.807) is 6.07 Å². The number of ether oxygens (including phenoxy) is 1. The first-order valence-corrected chi connectivity index (χ1v) is 4.26. The molecule has 2 rings (SSSR count). The number of nitrogens with zero attached hydrogens (tertiary/aromatic N) is 1. The van der Waals surface area contributed by atoms with Crippen LogP contribution in [-0.4, -0.2) is 12.1 Å². The Bertz CT molecular complexity index is 482. The van der Waals surface area contributed by atoms with Crippen molar-refractivity contribution in [1.82, 2.24) is 4.98 Å². The highest BCUT2D eigenvalue weighted by Gasteiger charge is 2.11. The molecule has 0 aliphatic carbocycles. The number of nitrogens with two attached hydrogens (primary N) is 1. The maximum Gasteiger partial charge on any atom is 0.292 e. The van der Waals surface area contributed by atoms with Gasteiger partial charge in [0.05, 0.1) is 18.9 Å². The lowest BCUT2D eigenvalue weighted by molar-refractivity contribution is 0.411. The van der Waals surface area contributed by atoms with E-state index in [0.29, 0.717) is 17.1 Å². The molecule has 0 aliphatic heterocycles. The summed E-state index contributed by atoms with van der Waals surface area (Å²) in [5, 5.41) is 0. The number of aromatic nitrogens is 1. The Kier molecular flexibility index (Phi) is 2.29. The molecule has 0 aliphatic rings. The zero-order valence-electron chi connectivity index (χ0n) is 8.03. The summed E-state index contributed by atoms with van der Waals surface area (Å²) < 4.78 is 23.0. The standard InChI is InChI=1S/C10H9FN2O2/c1-14-8-4-6(11)2-3-7(8)9-5-13-10(12)15-9/h2-5H,1H3,(H2,12,13). The zero-order chi connectivity index (χ0) is 10.8. The summed E-state index contributed by atoms with van der Waals surface area (Å²) in [6.45, 7) is 0.